The molecule has 0 saturated heterocycles. The number of H-pyrrole nitrogens is 1. The number of benzene rings is 2. The summed E-state index contributed by atoms with van der Waals surface area (Å²) in [6, 6.07) is 8.26. The van der Waals surface area contributed by atoms with Gasteiger partial charge >= 0.3 is 5.69 Å². The molecule has 0 fully saturated rings. The van der Waals surface area contributed by atoms with Crippen molar-refractivity contribution in [1.29, 1.82) is 0 Å². The largest absolute Gasteiger partial charge is 0.381 e. The van der Waals surface area contributed by atoms with E-state index in [0.29, 0.717) is 12.3 Å². The van der Waals surface area contributed by atoms with Crippen LogP contribution < -0.4 is 10.6 Å². The first-order chi connectivity index (χ1) is 16.2. The van der Waals surface area contributed by atoms with E-state index in [4.69, 9.17) is 0 Å². The van der Waals surface area contributed by atoms with Crippen LogP contribution in [0.5, 0.6) is 0 Å². The zero-order valence-corrected chi connectivity index (χ0v) is 17.5. The number of nitrogens with zero attached hydrogens (tertiary/aromatic N) is 5. The van der Waals surface area contributed by atoms with Crippen molar-refractivity contribution in [2.45, 2.75) is 18.7 Å². The van der Waals surface area contributed by atoms with Crippen molar-refractivity contribution in [3.05, 3.63) is 106 Å². The first-order valence-electron chi connectivity index (χ1n) is 9.99. The standard InChI is InChI=1S/C22H18F4N6O2/c23-15-5-6-16(18(25)7-15)22(34,11-32-13-27-12-29-32)10-31(9-14-3-1-2-4-17(14)24)20-19(26)8-28-21(33)30-20/h1-8,12-13,34H,9-11H2,(H,28,30,33). The van der Waals surface area contributed by atoms with Gasteiger partial charge in [-0.3, -0.25) is 4.98 Å². The van der Waals surface area contributed by atoms with Gasteiger partial charge in [0.25, 0.3) is 0 Å². The lowest BCUT2D eigenvalue weighted by Crippen LogP contribution is -2.45. The van der Waals surface area contributed by atoms with Crippen molar-refractivity contribution < 1.29 is 22.7 Å². The van der Waals surface area contributed by atoms with Crippen LogP contribution in [0.15, 0.2) is 66.1 Å². The third kappa shape index (κ3) is 4.96. The van der Waals surface area contributed by atoms with Crippen molar-refractivity contribution in [2.24, 2.45) is 0 Å². The number of anilines is 1. The number of halogens is 4. The zero-order valence-electron chi connectivity index (χ0n) is 17.5. The van der Waals surface area contributed by atoms with Gasteiger partial charge < -0.3 is 10.0 Å². The Labute approximate surface area is 190 Å². The van der Waals surface area contributed by atoms with Gasteiger partial charge in [0.2, 0.25) is 0 Å². The second kappa shape index (κ2) is 9.43. The van der Waals surface area contributed by atoms with Crippen LogP contribution in [-0.2, 0) is 18.7 Å². The molecule has 2 heterocycles. The number of aromatic amines is 1. The summed E-state index contributed by atoms with van der Waals surface area (Å²) in [5, 5.41) is 15.6. The molecule has 0 radical (unpaired) electrons. The van der Waals surface area contributed by atoms with E-state index in [0.717, 1.165) is 17.0 Å². The molecule has 0 spiro atoms. The van der Waals surface area contributed by atoms with Gasteiger partial charge in [0.1, 0.15) is 41.5 Å². The number of aromatic nitrogens is 5. The van der Waals surface area contributed by atoms with Crippen LogP contribution in [0, 0.1) is 23.3 Å². The van der Waals surface area contributed by atoms with Crippen LogP contribution in [0.4, 0.5) is 23.4 Å². The zero-order chi connectivity index (χ0) is 24.3. The number of hydrogen-bond acceptors (Lipinski definition) is 6. The third-order valence-electron chi connectivity index (χ3n) is 5.16. The molecule has 4 rings (SSSR count). The SMILES string of the molecule is O=c1ncc(F)c(N(Cc2ccccc2F)CC(O)(Cn2cncn2)c2ccc(F)cc2F)[nH]1. The Morgan fingerprint density at radius 3 is 2.56 bits per heavy atom. The highest BCUT2D eigenvalue weighted by molar-refractivity contribution is 5.42. The molecule has 176 valence electrons. The van der Waals surface area contributed by atoms with Gasteiger partial charge in [-0.25, -0.2) is 32.0 Å². The Hall–Kier alpha value is -4.06. The summed E-state index contributed by atoms with van der Waals surface area (Å²) in [7, 11) is 0. The maximum atomic E-state index is 14.8. The van der Waals surface area contributed by atoms with Gasteiger partial charge in [-0.2, -0.15) is 10.1 Å². The topological polar surface area (TPSA) is 99.9 Å². The summed E-state index contributed by atoms with van der Waals surface area (Å²) in [5.41, 5.74) is -3.24. The fourth-order valence-electron chi connectivity index (χ4n) is 3.63. The normalized spacial score (nSPS) is 13.0. The van der Waals surface area contributed by atoms with E-state index >= 15 is 0 Å². The summed E-state index contributed by atoms with van der Waals surface area (Å²) in [5.74, 6) is -3.90. The minimum Gasteiger partial charge on any atom is -0.381 e. The molecule has 0 bridgehead atoms. The molecular formula is C22H18F4N6O2. The Kier molecular flexibility index (Phi) is 6.41. The van der Waals surface area contributed by atoms with Crippen molar-refractivity contribution in [3.8, 4) is 0 Å². The lowest BCUT2D eigenvalue weighted by atomic mass is 9.92. The highest BCUT2D eigenvalue weighted by atomic mass is 19.1. The van der Waals surface area contributed by atoms with E-state index in [1.165, 1.54) is 35.5 Å². The Morgan fingerprint density at radius 1 is 1.06 bits per heavy atom. The summed E-state index contributed by atoms with van der Waals surface area (Å²) in [4.78, 5) is 22.3. The molecule has 0 amide bonds. The molecule has 0 saturated carbocycles. The molecule has 2 N–H and O–H groups in total. The second-order valence-electron chi connectivity index (χ2n) is 7.58. The molecule has 8 nitrogen and oxygen atoms in total. The molecule has 2 aromatic heterocycles. The molecule has 0 aliphatic rings. The van der Waals surface area contributed by atoms with Gasteiger partial charge in [-0.05, 0) is 12.1 Å². The maximum Gasteiger partial charge on any atom is 0.346 e. The molecule has 2 aromatic carbocycles. The van der Waals surface area contributed by atoms with Crippen LogP contribution in [0.2, 0.25) is 0 Å². The summed E-state index contributed by atoms with van der Waals surface area (Å²) in [6.07, 6.45) is 3.14. The number of hydrogen-bond donors (Lipinski definition) is 2. The Morgan fingerprint density at radius 2 is 1.85 bits per heavy atom. The van der Waals surface area contributed by atoms with E-state index in [1.807, 2.05) is 0 Å². The van der Waals surface area contributed by atoms with E-state index in [9.17, 15) is 27.5 Å². The molecule has 12 heteroatoms. The average Bonchev–Trinajstić information content (AvgIpc) is 3.29. The van der Waals surface area contributed by atoms with Crippen LogP contribution in [0.25, 0.3) is 0 Å². The van der Waals surface area contributed by atoms with Crippen molar-refractivity contribution in [2.75, 3.05) is 11.4 Å². The fourth-order valence-corrected chi connectivity index (χ4v) is 3.63. The Balaban J connectivity index is 1.82. The fraction of sp³-hybridized carbons (Fsp3) is 0.182. The summed E-state index contributed by atoms with van der Waals surface area (Å²) in [6.45, 7) is -1.24. The van der Waals surface area contributed by atoms with Gasteiger partial charge in [0.05, 0.1) is 19.3 Å². The van der Waals surface area contributed by atoms with Gasteiger partial charge in [-0.1, -0.05) is 24.3 Å². The van der Waals surface area contributed by atoms with Crippen LogP contribution in [-0.4, -0.2) is 36.4 Å². The Bertz CT molecular complexity index is 1350. The summed E-state index contributed by atoms with van der Waals surface area (Å²) >= 11 is 0. The van der Waals surface area contributed by atoms with Crippen LogP contribution >= 0.6 is 0 Å². The third-order valence-corrected chi connectivity index (χ3v) is 5.16. The number of rotatable bonds is 8. The molecule has 34 heavy (non-hydrogen) atoms. The minimum atomic E-state index is -2.15. The summed E-state index contributed by atoms with van der Waals surface area (Å²) < 4.78 is 58.7. The first-order valence-corrected chi connectivity index (χ1v) is 9.99. The van der Waals surface area contributed by atoms with E-state index < -0.39 is 46.9 Å². The molecule has 1 atom stereocenters. The van der Waals surface area contributed by atoms with Gasteiger partial charge in [0, 0.05) is 23.7 Å². The quantitative estimate of drug-likeness (QED) is 0.381. The predicted molar refractivity (Wildman–Crippen MR) is 113 cm³/mol. The smallest absolute Gasteiger partial charge is 0.346 e. The molecule has 1 unspecified atom stereocenters. The van der Waals surface area contributed by atoms with E-state index in [2.05, 4.69) is 20.1 Å². The van der Waals surface area contributed by atoms with Crippen molar-refractivity contribution in [3.63, 3.8) is 0 Å². The minimum absolute atomic E-state index is 0.113. The molecule has 0 aliphatic heterocycles. The predicted octanol–water partition coefficient (Wildman–Crippen LogP) is 2.51. The van der Waals surface area contributed by atoms with Crippen molar-refractivity contribution in [1.82, 2.24) is 24.7 Å². The lowest BCUT2D eigenvalue weighted by molar-refractivity contribution is 0.0179. The molecule has 0 aliphatic carbocycles. The van der Waals surface area contributed by atoms with Crippen LogP contribution in [0.1, 0.15) is 11.1 Å². The van der Waals surface area contributed by atoms with Crippen LogP contribution in [0.3, 0.4) is 0 Å². The lowest BCUT2D eigenvalue weighted by Gasteiger charge is -2.36. The average molecular weight is 474 g/mol. The number of aliphatic hydroxyl groups is 1. The van der Waals surface area contributed by atoms with E-state index in [1.54, 1.807) is 6.07 Å². The van der Waals surface area contributed by atoms with Gasteiger partial charge in [0.15, 0.2) is 5.82 Å². The molecule has 4 aromatic rings. The maximum absolute atomic E-state index is 14.8. The first kappa shape index (κ1) is 23.1. The highest BCUT2D eigenvalue weighted by Gasteiger charge is 2.37. The monoisotopic (exact) mass is 474 g/mol. The molecular weight excluding hydrogens is 456 g/mol. The highest BCUT2D eigenvalue weighted by Crippen LogP contribution is 2.30. The van der Waals surface area contributed by atoms with Crippen molar-refractivity contribution >= 4 is 5.82 Å². The second-order valence-corrected chi connectivity index (χ2v) is 7.58. The van der Waals surface area contributed by atoms with Gasteiger partial charge in [-0.15, -0.1) is 0 Å². The number of nitrogens with one attached hydrogen (secondary N) is 1. The van der Waals surface area contributed by atoms with E-state index in [-0.39, 0.29) is 24.2 Å².